The van der Waals surface area contributed by atoms with Crippen molar-refractivity contribution in [3.05, 3.63) is 29.8 Å². The number of rotatable bonds is 3. The SMILES string of the molecule is O=C(NC1(CO)CC1)C1Cc2ccccc2N1. The van der Waals surface area contributed by atoms with E-state index in [1.54, 1.807) is 0 Å². The molecule has 1 aromatic carbocycles. The van der Waals surface area contributed by atoms with Gasteiger partial charge in [-0.2, -0.15) is 0 Å². The van der Waals surface area contributed by atoms with Gasteiger partial charge in [0.05, 0.1) is 12.1 Å². The largest absolute Gasteiger partial charge is 0.394 e. The molecule has 90 valence electrons. The van der Waals surface area contributed by atoms with Crippen LogP contribution in [0.5, 0.6) is 0 Å². The molecule has 1 aliphatic carbocycles. The molecule has 1 unspecified atom stereocenters. The molecule has 2 aliphatic rings. The second-order valence-electron chi connectivity index (χ2n) is 4.99. The maximum atomic E-state index is 12.0. The quantitative estimate of drug-likeness (QED) is 0.717. The van der Waals surface area contributed by atoms with Gasteiger partial charge in [0.2, 0.25) is 5.91 Å². The molecule has 1 atom stereocenters. The summed E-state index contributed by atoms with van der Waals surface area (Å²) in [5.74, 6) is -0.00671. The Labute approximate surface area is 100 Å². The highest BCUT2D eigenvalue weighted by atomic mass is 16.3. The van der Waals surface area contributed by atoms with Crippen LogP contribution in [0.3, 0.4) is 0 Å². The van der Waals surface area contributed by atoms with E-state index in [9.17, 15) is 9.90 Å². The second-order valence-corrected chi connectivity index (χ2v) is 4.99. The Morgan fingerprint density at radius 3 is 2.88 bits per heavy atom. The first-order chi connectivity index (χ1) is 8.22. The van der Waals surface area contributed by atoms with Gasteiger partial charge in [-0.25, -0.2) is 0 Å². The van der Waals surface area contributed by atoms with Crippen molar-refractivity contribution >= 4 is 11.6 Å². The van der Waals surface area contributed by atoms with Gasteiger partial charge in [0.1, 0.15) is 6.04 Å². The van der Waals surface area contributed by atoms with E-state index >= 15 is 0 Å². The Kier molecular flexibility index (Phi) is 2.33. The average Bonchev–Trinajstić information content (AvgIpc) is 2.98. The predicted octanol–water partition coefficient (Wildman–Crippen LogP) is 0.664. The number of anilines is 1. The number of carbonyl (C=O) groups excluding carboxylic acids is 1. The highest BCUT2D eigenvalue weighted by Crippen LogP contribution is 2.35. The van der Waals surface area contributed by atoms with E-state index in [1.807, 2.05) is 24.3 Å². The molecule has 0 aromatic heterocycles. The van der Waals surface area contributed by atoms with Crippen LogP contribution < -0.4 is 10.6 Å². The molecule has 17 heavy (non-hydrogen) atoms. The number of fused-ring (bicyclic) bond motifs is 1. The van der Waals surface area contributed by atoms with E-state index in [2.05, 4.69) is 10.6 Å². The smallest absolute Gasteiger partial charge is 0.243 e. The topological polar surface area (TPSA) is 61.4 Å². The molecule has 1 heterocycles. The van der Waals surface area contributed by atoms with Crippen LogP contribution in [0.4, 0.5) is 5.69 Å². The molecule has 0 radical (unpaired) electrons. The summed E-state index contributed by atoms with van der Waals surface area (Å²) in [6.45, 7) is 0.0401. The molecule has 0 spiro atoms. The number of aliphatic hydroxyl groups is 1. The number of aliphatic hydroxyl groups excluding tert-OH is 1. The first-order valence-corrected chi connectivity index (χ1v) is 6.00. The summed E-state index contributed by atoms with van der Waals surface area (Å²) in [5, 5.41) is 15.3. The van der Waals surface area contributed by atoms with E-state index in [-0.39, 0.29) is 24.1 Å². The van der Waals surface area contributed by atoms with Crippen LogP contribution in [-0.2, 0) is 11.2 Å². The summed E-state index contributed by atoms with van der Waals surface area (Å²) in [6.07, 6.45) is 2.49. The highest BCUT2D eigenvalue weighted by Gasteiger charge is 2.44. The molecule has 1 fully saturated rings. The lowest BCUT2D eigenvalue weighted by molar-refractivity contribution is -0.123. The summed E-state index contributed by atoms with van der Waals surface area (Å²) in [5.41, 5.74) is 1.90. The summed E-state index contributed by atoms with van der Waals surface area (Å²) in [6, 6.07) is 7.77. The minimum atomic E-state index is -0.326. The maximum absolute atomic E-state index is 12.0. The Morgan fingerprint density at radius 2 is 2.24 bits per heavy atom. The Hall–Kier alpha value is -1.55. The Morgan fingerprint density at radius 1 is 1.47 bits per heavy atom. The van der Waals surface area contributed by atoms with Crippen molar-refractivity contribution in [3.63, 3.8) is 0 Å². The molecule has 1 saturated carbocycles. The van der Waals surface area contributed by atoms with Gasteiger partial charge in [0.25, 0.3) is 0 Å². The minimum absolute atomic E-state index is 0.00671. The normalized spacial score (nSPS) is 23.7. The standard InChI is InChI=1S/C13H16N2O2/c16-8-13(5-6-13)15-12(17)11-7-9-3-1-2-4-10(9)14-11/h1-4,11,14,16H,5-8H2,(H,15,17). The van der Waals surface area contributed by atoms with Gasteiger partial charge in [0, 0.05) is 12.1 Å². The molecule has 3 rings (SSSR count). The van der Waals surface area contributed by atoms with Gasteiger partial charge in [-0.3, -0.25) is 4.79 Å². The third kappa shape index (κ3) is 1.89. The van der Waals surface area contributed by atoms with Gasteiger partial charge >= 0.3 is 0 Å². The monoisotopic (exact) mass is 232 g/mol. The molecule has 0 bridgehead atoms. The zero-order valence-corrected chi connectivity index (χ0v) is 9.57. The van der Waals surface area contributed by atoms with Gasteiger partial charge in [-0.15, -0.1) is 0 Å². The zero-order valence-electron chi connectivity index (χ0n) is 9.57. The van der Waals surface area contributed by atoms with Crippen molar-refractivity contribution in [2.24, 2.45) is 0 Å². The van der Waals surface area contributed by atoms with Gasteiger partial charge < -0.3 is 15.7 Å². The number of para-hydroxylation sites is 1. The van der Waals surface area contributed by atoms with Crippen LogP contribution in [-0.4, -0.2) is 29.2 Å². The van der Waals surface area contributed by atoms with Crippen molar-refractivity contribution in [2.75, 3.05) is 11.9 Å². The van der Waals surface area contributed by atoms with Crippen LogP contribution in [0.1, 0.15) is 18.4 Å². The third-order valence-corrected chi connectivity index (χ3v) is 3.63. The molecule has 4 nitrogen and oxygen atoms in total. The van der Waals surface area contributed by atoms with Crippen molar-refractivity contribution in [1.82, 2.24) is 5.32 Å². The number of carbonyl (C=O) groups is 1. The second kappa shape index (κ2) is 3.74. The maximum Gasteiger partial charge on any atom is 0.243 e. The van der Waals surface area contributed by atoms with Crippen molar-refractivity contribution < 1.29 is 9.90 Å². The van der Waals surface area contributed by atoms with Gasteiger partial charge in [-0.05, 0) is 24.5 Å². The number of nitrogens with one attached hydrogen (secondary N) is 2. The fraction of sp³-hybridized carbons (Fsp3) is 0.462. The molecule has 3 N–H and O–H groups in total. The molecule has 4 heteroatoms. The van der Waals surface area contributed by atoms with Crippen LogP contribution in [0.15, 0.2) is 24.3 Å². The van der Waals surface area contributed by atoms with Crippen molar-refractivity contribution in [1.29, 1.82) is 0 Å². The fourth-order valence-electron chi connectivity index (χ4n) is 2.28. The van der Waals surface area contributed by atoms with Gasteiger partial charge in [-0.1, -0.05) is 18.2 Å². The first-order valence-electron chi connectivity index (χ1n) is 6.00. The molecular weight excluding hydrogens is 216 g/mol. The van der Waals surface area contributed by atoms with Crippen LogP contribution in [0, 0.1) is 0 Å². The zero-order chi connectivity index (χ0) is 11.9. The van der Waals surface area contributed by atoms with Crippen LogP contribution in [0.25, 0.3) is 0 Å². The van der Waals surface area contributed by atoms with E-state index in [4.69, 9.17) is 0 Å². The lowest BCUT2D eigenvalue weighted by Crippen LogP contribution is -2.47. The summed E-state index contributed by atoms with van der Waals surface area (Å²) >= 11 is 0. The number of hydrogen-bond donors (Lipinski definition) is 3. The van der Waals surface area contributed by atoms with E-state index in [0.29, 0.717) is 0 Å². The highest BCUT2D eigenvalue weighted by molar-refractivity contribution is 5.88. The van der Waals surface area contributed by atoms with Crippen molar-refractivity contribution in [3.8, 4) is 0 Å². The average molecular weight is 232 g/mol. The van der Waals surface area contributed by atoms with E-state index in [1.165, 1.54) is 5.56 Å². The van der Waals surface area contributed by atoms with Crippen LogP contribution in [0.2, 0.25) is 0 Å². The molecule has 1 aliphatic heterocycles. The summed E-state index contributed by atoms with van der Waals surface area (Å²) < 4.78 is 0. The Balaban J connectivity index is 1.66. The van der Waals surface area contributed by atoms with Gasteiger partial charge in [0.15, 0.2) is 0 Å². The minimum Gasteiger partial charge on any atom is -0.394 e. The molecule has 1 aromatic rings. The predicted molar refractivity (Wildman–Crippen MR) is 64.8 cm³/mol. The molecular formula is C13H16N2O2. The molecule has 0 saturated heterocycles. The molecule has 1 amide bonds. The van der Waals surface area contributed by atoms with E-state index in [0.717, 1.165) is 24.9 Å². The third-order valence-electron chi connectivity index (χ3n) is 3.63. The van der Waals surface area contributed by atoms with Crippen molar-refractivity contribution in [2.45, 2.75) is 30.8 Å². The lowest BCUT2D eigenvalue weighted by atomic mass is 10.1. The Bertz CT molecular complexity index is 429. The van der Waals surface area contributed by atoms with E-state index < -0.39 is 0 Å². The number of benzene rings is 1. The lowest BCUT2D eigenvalue weighted by Gasteiger charge is -2.18. The fourth-order valence-corrected chi connectivity index (χ4v) is 2.28. The van der Waals surface area contributed by atoms with Crippen LogP contribution >= 0.6 is 0 Å². The first kappa shape index (κ1) is 10.6. The summed E-state index contributed by atoms with van der Waals surface area (Å²) in [4.78, 5) is 12.0. The number of amides is 1. The summed E-state index contributed by atoms with van der Waals surface area (Å²) in [7, 11) is 0. The number of hydrogen-bond acceptors (Lipinski definition) is 3.